The molecule has 0 aliphatic carbocycles. The van der Waals surface area contributed by atoms with Crippen LogP contribution in [0.25, 0.3) is 0 Å². The second kappa shape index (κ2) is 7.30. The maximum atomic E-state index is 12.6. The second-order valence-electron chi connectivity index (χ2n) is 2.66. The Morgan fingerprint density at radius 1 is 1.36 bits per heavy atom. The number of rotatable bonds is 2. The molecule has 0 heterocycles. The maximum absolute atomic E-state index is 12.6. The summed E-state index contributed by atoms with van der Waals surface area (Å²) in [5.74, 6) is -1.60. The molecule has 1 nitrogen and oxygen atoms in total. The Morgan fingerprint density at radius 3 is 2.36 bits per heavy atom. The summed E-state index contributed by atoms with van der Waals surface area (Å²) in [4.78, 5) is 0. The van der Waals surface area contributed by atoms with Gasteiger partial charge in [-0.2, -0.15) is 0 Å². The third-order valence-corrected chi connectivity index (χ3v) is 1.19. The molecule has 0 unspecified atom stereocenters. The van der Waals surface area contributed by atoms with Gasteiger partial charge in [-0.15, -0.1) is 12.1 Å². The van der Waals surface area contributed by atoms with Crippen molar-refractivity contribution in [1.29, 1.82) is 0 Å². The molecule has 0 N–H and O–H groups in total. The minimum atomic E-state index is -0.913. The summed E-state index contributed by atoms with van der Waals surface area (Å²) in [7, 11) is 0. The Morgan fingerprint density at radius 2 is 1.93 bits per heavy atom. The van der Waals surface area contributed by atoms with Crippen LogP contribution >= 0.6 is 13.6 Å². The normalized spacial score (nSPS) is 9.43. The van der Waals surface area contributed by atoms with Gasteiger partial charge in [-0.05, 0) is 13.8 Å². The van der Waals surface area contributed by atoms with Crippen LogP contribution in [0.2, 0.25) is 0 Å². The van der Waals surface area contributed by atoms with Gasteiger partial charge < -0.3 is 4.74 Å². The molecule has 0 aliphatic heterocycles. The van der Waals surface area contributed by atoms with E-state index in [0.29, 0.717) is 0 Å². The van der Waals surface area contributed by atoms with Crippen LogP contribution in [0.4, 0.5) is 8.78 Å². The van der Waals surface area contributed by atoms with Gasteiger partial charge in [0.15, 0.2) is 0 Å². The van der Waals surface area contributed by atoms with Crippen LogP contribution in [0.15, 0.2) is 12.1 Å². The molecule has 0 atom stereocenters. The van der Waals surface area contributed by atoms with E-state index in [1.807, 2.05) is 0 Å². The van der Waals surface area contributed by atoms with E-state index in [0.717, 1.165) is 12.1 Å². The molecule has 0 bridgehead atoms. The Balaban J connectivity index is 0.000000791. The van der Waals surface area contributed by atoms with Crippen LogP contribution in [0, 0.1) is 17.7 Å². The van der Waals surface area contributed by atoms with Crippen LogP contribution in [-0.4, -0.2) is 6.10 Å². The number of hydrogen-bond acceptors (Lipinski definition) is 1. The first-order valence-electron chi connectivity index (χ1n) is 3.89. The number of ether oxygens (including phenoxy) is 1. The van der Waals surface area contributed by atoms with E-state index in [4.69, 9.17) is 4.74 Å². The molecule has 0 radical (unpaired) electrons. The third kappa shape index (κ3) is 5.01. The van der Waals surface area contributed by atoms with Crippen molar-refractivity contribution in [3.05, 3.63) is 29.8 Å². The third-order valence-electron chi connectivity index (χ3n) is 1.19. The van der Waals surface area contributed by atoms with Gasteiger partial charge in [0, 0.05) is 11.6 Å². The molecule has 0 saturated heterocycles. The predicted molar refractivity (Wildman–Crippen MR) is 49.9 cm³/mol. The zero-order valence-electron chi connectivity index (χ0n) is 7.98. The van der Waals surface area contributed by atoms with Crippen molar-refractivity contribution in [3.63, 3.8) is 0 Å². The molecule has 0 aliphatic rings. The Kier molecular flexibility index (Phi) is 7.29. The number of hydrogen-bond donors (Lipinski definition) is 0. The van der Waals surface area contributed by atoms with E-state index in [1.165, 1.54) is 16.3 Å². The summed E-state index contributed by atoms with van der Waals surface area (Å²) < 4.78 is 30.0. The fourth-order valence-electron chi connectivity index (χ4n) is 0.751. The van der Waals surface area contributed by atoms with Gasteiger partial charge in [0.2, 0.25) is 0 Å². The molecule has 1 aromatic rings. The molecule has 14 heavy (non-hydrogen) atoms. The van der Waals surface area contributed by atoms with Gasteiger partial charge in [-0.25, -0.2) is 4.39 Å². The van der Waals surface area contributed by atoms with Crippen LogP contribution < -0.4 is 4.74 Å². The quantitative estimate of drug-likeness (QED) is 0.600. The molecular formula is C9H9BrF2OZn. The SMILES string of the molecule is CC(C)Oc1[c-]cc(F)c(F)c1.[Zn+][Br]. The van der Waals surface area contributed by atoms with Crippen LogP contribution in [0.3, 0.4) is 0 Å². The first-order valence-corrected chi connectivity index (χ1v) is 10.8. The molecule has 0 aromatic heterocycles. The van der Waals surface area contributed by atoms with Crippen molar-refractivity contribution in [2.24, 2.45) is 0 Å². The minimum absolute atomic E-state index is 0.0638. The number of halogens is 3. The molecule has 0 amide bonds. The Labute approximate surface area is 98.9 Å². The second-order valence-corrected chi connectivity index (χ2v) is 2.66. The monoisotopic (exact) mass is 314 g/mol. The van der Waals surface area contributed by atoms with E-state index < -0.39 is 11.6 Å². The van der Waals surface area contributed by atoms with Crippen molar-refractivity contribution in [3.8, 4) is 5.75 Å². The average Bonchev–Trinajstić information content (AvgIpc) is 2.14. The Hall–Kier alpha value is -0.0166. The van der Waals surface area contributed by atoms with Crippen LogP contribution in [-0.2, 0) is 16.3 Å². The summed E-state index contributed by atoms with van der Waals surface area (Å²) in [5, 5.41) is 0. The van der Waals surface area contributed by atoms with Crippen LogP contribution in [0.5, 0.6) is 5.75 Å². The predicted octanol–water partition coefficient (Wildman–Crippen LogP) is 3.40. The van der Waals surface area contributed by atoms with E-state index in [2.05, 4.69) is 19.7 Å². The fourth-order valence-corrected chi connectivity index (χ4v) is 0.751. The van der Waals surface area contributed by atoms with E-state index in [-0.39, 0.29) is 11.9 Å². The van der Waals surface area contributed by atoms with Crippen molar-refractivity contribution < 1.29 is 29.9 Å². The summed E-state index contributed by atoms with van der Waals surface area (Å²) >= 11 is 4.25. The van der Waals surface area contributed by atoms with Crippen molar-refractivity contribution >= 4 is 13.6 Å². The molecule has 0 spiro atoms. The molecule has 0 saturated carbocycles. The zero-order valence-corrected chi connectivity index (χ0v) is 12.5. The molecule has 5 heteroatoms. The van der Waals surface area contributed by atoms with Crippen molar-refractivity contribution in [2.75, 3.05) is 0 Å². The van der Waals surface area contributed by atoms with Gasteiger partial charge >= 0.3 is 30.0 Å². The molecule has 1 rings (SSSR count). The van der Waals surface area contributed by atoms with E-state index in [1.54, 1.807) is 13.8 Å². The molecule has 1 aromatic carbocycles. The van der Waals surface area contributed by atoms with E-state index >= 15 is 0 Å². The standard InChI is InChI=1S/C9H9F2O.BrH.Zn/c1-6(2)12-7-3-4-8(10)9(11)5-7;;/h4-6H,1-2H3;1H;/q-1;;+2/p-1. The number of benzene rings is 1. The van der Waals surface area contributed by atoms with Crippen LogP contribution in [0.1, 0.15) is 13.8 Å². The van der Waals surface area contributed by atoms with Crippen molar-refractivity contribution in [1.82, 2.24) is 0 Å². The fraction of sp³-hybridized carbons (Fsp3) is 0.333. The first-order chi connectivity index (χ1) is 6.59. The zero-order chi connectivity index (χ0) is 11.1. The Bertz CT molecular complexity index is 282. The summed E-state index contributed by atoms with van der Waals surface area (Å²) in [6, 6.07) is 4.38. The summed E-state index contributed by atoms with van der Waals surface area (Å²) in [5.41, 5.74) is 0. The summed E-state index contributed by atoms with van der Waals surface area (Å²) in [6.07, 6.45) is -0.0638. The van der Waals surface area contributed by atoms with Gasteiger partial charge in [0.05, 0.1) is 11.9 Å². The summed E-state index contributed by atoms with van der Waals surface area (Å²) in [6.45, 7) is 3.60. The van der Waals surface area contributed by atoms with Crippen molar-refractivity contribution in [2.45, 2.75) is 20.0 Å². The molecule has 0 fully saturated rings. The van der Waals surface area contributed by atoms with Gasteiger partial charge in [0.1, 0.15) is 0 Å². The van der Waals surface area contributed by atoms with Gasteiger partial charge in [-0.3, -0.25) is 4.39 Å². The van der Waals surface area contributed by atoms with Gasteiger partial charge in [-0.1, -0.05) is 6.07 Å². The topological polar surface area (TPSA) is 9.23 Å². The molecular weight excluding hydrogens is 307 g/mol. The average molecular weight is 316 g/mol. The van der Waals surface area contributed by atoms with E-state index in [9.17, 15) is 8.78 Å². The van der Waals surface area contributed by atoms with Gasteiger partial charge in [0.25, 0.3) is 0 Å². The molecule has 74 valence electrons. The first kappa shape index (κ1) is 14.0.